The minimum atomic E-state index is -0.315. The Hall–Kier alpha value is -1.88. The molecule has 0 aliphatic carbocycles. The van der Waals surface area contributed by atoms with E-state index in [1.54, 1.807) is 18.1 Å². The van der Waals surface area contributed by atoms with Crippen molar-refractivity contribution >= 4 is 11.9 Å². The monoisotopic (exact) mass is 293 g/mol. The summed E-state index contributed by atoms with van der Waals surface area (Å²) in [5.41, 5.74) is 1.59. The van der Waals surface area contributed by atoms with Gasteiger partial charge in [0, 0.05) is 32.4 Å². The summed E-state index contributed by atoms with van der Waals surface area (Å²) in [6, 6.07) is 7.45. The molecule has 5 nitrogen and oxygen atoms in total. The molecule has 0 N–H and O–H groups in total. The number of rotatable bonds is 8. The first-order valence-electron chi connectivity index (χ1n) is 7.00. The number of nitrogens with zero attached hydrogens (tertiary/aromatic N) is 1. The molecule has 0 saturated heterocycles. The van der Waals surface area contributed by atoms with Gasteiger partial charge in [0.25, 0.3) is 5.91 Å². The van der Waals surface area contributed by atoms with Gasteiger partial charge in [-0.15, -0.1) is 0 Å². The first-order chi connectivity index (χ1) is 10.1. The van der Waals surface area contributed by atoms with Crippen molar-refractivity contribution in [2.24, 2.45) is 0 Å². The Morgan fingerprint density at radius 3 is 2.48 bits per heavy atom. The Morgan fingerprint density at radius 1 is 1.14 bits per heavy atom. The van der Waals surface area contributed by atoms with Gasteiger partial charge in [-0.25, -0.2) is 0 Å². The van der Waals surface area contributed by atoms with Crippen molar-refractivity contribution in [3.05, 3.63) is 35.4 Å². The topological polar surface area (TPSA) is 55.8 Å². The molecular formula is C16H23NO4. The molecule has 0 aliphatic heterocycles. The highest BCUT2D eigenvalue weighted by Crippen LogP contribution is 2.11. The van der Waals surface area contributed by atoms with Gasteiger partial charge in [-0.3, -0.25) is 9.59 Å². The standard InChI is InChI=1S/C16H23NO4/c1-13-7-4-5-8-14(13)16(19)17(10-6-12-20-2)11-9-15(18)21-3/h4-5,7-8H,6,9-12H2,1-3H3. The number of ether oxygens (including phenoxy) is 2. The smallest absolute Gasteiger partial charge is 0.307 e. The minimum Gasteiger partial charge on any atom is -0.469 e. The summed E-state index contributed by atoms with van der Waals surface area (Å²) < 4.78 is 9.65. The van der Waals surface area contributed by atoms with E-state index in [0.717, 1.165) is 12.0 Å². The van der Waals surface area contributed by atoms with Gasteiger partial charge in [-0.1, -0.05) is 18.2 Å². The molecule has 1 aromatic rings. The Bertz CT molecular complexity index is 473. The van der Waals surface area contributed by atoms with Crippen LogP contribution in [-0.4, -0.2) is 50.7 Å². The zero-order chi connectivity index (χ0) is 15.7. The van der Waals surface area contributed by atoms with E-state index in [1.807, 2.05) is 25.1 Å². The van der Waals surface area contributed by atoms with Crippen LogP contribution in [0.1, 0.15) is 28.8 Å². The van der Waals surface area contributed by atoms with Gasteiger partial charge in [0.15, 0.2) is 0 Å². The second-order valence-electron chi connectivity index (χ2n) is 4.78. The predicted octanol–water partition coefficient (Wildman–Crippen LogP) is 2.04. The second kappa shape index (κ2) is 9.13. The summed E-state index contributed by atoms with van der Waals surface area (Å²) in [4.78, 5) is 25.6. The fourth-order valence-corrected chi connectivity index (χ4v) is 2.03. The van der Waals surface area contributed by atoms with Crippen LogP contribution in [0, 0.1) is 6.92 Å². The molecular weight excluding hydrogens is 270 g/mol. The molecule has 0 unspecified atom stereocenters. The third-order valence-electron chi connectivity index (χ3n) is 3.25. The van der Waals surface area contributed by atoms with Gasteiger partial charge in [0.2, 0.25) is 0 Å². The first kappa shape index (κ1) is 17.2. The van der Waals surface area contributed by atoms with Gasteiger partial charge in [-0.05, 0) is 25.0 Å². The van der Waals surface area contributed by atoms with E-state index in [-0.39, 0.29) is 18.3 Å². The molecule has 0 heterocycles. The van der Waals surface area contributed by atoms with Crippen molar-refractivity contribution in [3.63, 3.8) is 0 Å². The number of benzene rings is 1. The van der Waals surface area contributed by atoms with Crippen LogP contribution in [0.2, 0.25) is 0 Å². The minimum absolute atomic E-state index is 0.0619. The summed E-state index contributed by atoms with van der Waals surface area (Å²) >= 11 is 0. The van der Waals surface area contributed by atoms with Crippen LogP contribution >= 0.6 is 0 Å². The fourth-order valence-electron chi connectivity index (χ4n) is 2.03. The van der Waals surface area contributed by atoms with Crippen molar-refractivity contribution in [1.82, 2.24) is 4.90 Å². The van der Waals surface area contributed by atoms with Crippen LogP contribution in [0.3, 0.4) is 0 Å². The van der Waals surface area contributed by atoms with Gasteiger partial charge in [0.1, 0.15) is 0 Å². The van der Waals surface area contributed by atoms with Gasteiger partial charge < -0.3 is 14.4 Å². The lowest BCUT2D eigenvalue weighted by Gasteiger charge is -2.23. The van der Waals surface area contributed by atoms with Crippen molar-refractivity contribution in [2.45, 2.75) is 19.8 Å². The van der Waals surface area contributed by atoms with E-state index < -0.39 is 0 Å². The van der Waals surface area contributed by atoms with E-state index in [2.05, 4.69) is 4.74 Å². The van der Waals surface area contributed by atoms with Gasteiger partial charge >= 0.3 is 5.97 Å². The number of hydrogen-bond donors (Lipinski definition) is 0. The van der Waals surface area contributed by atoms with E-state index in [9.17, 15) is 9.59 Å². The Morgan fingerprint density at radius 2 is 1.86 bits per heavy atom. The number of hydrogen-bond acceptors (Lipinski definition) is 4. The third kappa shape index (κ3) is 5.55. The lowest BCUT2D eigenvalue weighted by Crippen LogP contribution is -2.35. The maximum atomic E-state index is 12.6. The average Bonchev–Trinajstić information content (AvgIpc) is 2.50. The number of amides is 1. The number of esters is 1. The SMILES string of the molecule is COCCCN(CCC(=O)OC)C(=O)c1ccccc1C. The summed E-state index contributed by atoms with van der Waals surface area (Å²) in [6.45, 7) is 3.39. The number of aryl methyl sites for hydroxylation is 1. The maximum absolute atomic E-state index is 12.6. The summed E-state index contributed by atoms with van der Waals surface area (Å²) in [6.07, 6.45) is 0.927. The Labute approximate surface area is 125 Å². The lowest BCUT2D eigenvalue weighted by molar-refractivity contribution is -0.140. The van der Waals surface area contributed by atoms with E-state index in [4.69, 9.17) is 4.74 Å². The Balaban J connectivity index is 2.76. The molecule has 0 radical (unpaired) electrons. The summed E-state index contributed by atoms with van der Waals surface area (Å²) in [7, 11) is 2.97. The molecule has 0 fully saturated rings. The molecule has 1 amide bonds. The Kier molecular flexibility index (Phi) is 7.46. The van der Waals surface area contributed by atoms with Crippen molar-refractivity contribution in [1.29, 1.82) is 0 Å². The second-order valence-corrected chi connectivity index (χ2v) is 4.78. The van der Waals surface area contributed by atoms with Crippen molar-refractivity contribution in [2.75, 3.05) is 33.9 Å². The molecule has 116 valence electrons. The maximum Gasteiger partial charge on any atom is 0.307 e. The van der Waals surface area contributed by atoms with Crippen LogP contribution < -0.4 is 0 Å². The predicted molar refractivity (Wildman–Crippen MR) is 80.2 cm³/mol. The van der Waals surface area contributed by atoms with Gasteiger partial charge in [-0.2, -0.15) is 0 Å². The normalized spacial score (nSPS) is 10.2. The van der Waals surface area contributed by atoms with Crippen molar-refractivity contribution < 1.29 is 19.1 Å². The number of methoxy groups -OCH3 is 2. The summed E-state index contributed by atoms with van der Waals surface area (Å²) in [5, 5.41) is 0. The average molecular weight is 293 g/mol. The van der Waals surface area contributed by atoms with Crippen molar-refractivity contribution in [3.8, 4) is 0 Å². The van der Waals surface area contributed by atoms with Crippen LogP contribution in [0.15, 0.2) is 24.3 Å². The largest absolute Gasteiger partial charge is 0.469 e. The number of carbonyl (C=O) groups excluding carboxylic acids is 2. The molecule has 5 heteroatoms. The lowest BCUT2D eigenvalue weighted by atomic mass is 10.1. The van der Waals surface area contributed by atoms with Crippen LogP contribution in [0.4, 0.5) is 0 Å². The van der Waals surface area contributed by atoms with Crippen LogP contribution in [-0.2, 0) is 14.3 Å². The molecule has 0 atom stereocenters. The third-order valence-corrected chi connectivity index (χ3v) is 3.25. The zero-order valence-electron chi connectivity index (χ0n) is 12.9. The molecule has 0 spiro atoms. The quantitative estimate of drug-likeness (QED) is 0.543. The number of carbonyl (C=O) groups is 2. The zero-order valence-corrected chi connectivity index (χ0v) is 12.9. The molecule has 0 bridgehead atoms. The highest BCUT2D eigenvalue weighted by Gasteiger charge is 2.18. The van der Waals surface area contributed by atoms with Crippen LogP contribution in [0.25, 0.3) is 0 Å². The summed E-state index contributed by atoms with van der Waals surface area (Å²) in [5.74, 6) is -0.377. The molecule has 21 heavy (non-hydrogen) atoms. The van der Waals surface area contributed by atoms with Gasteiger partial charge in [0.05, 0.1) is 13.5 Å². The first-order valence-corrected chi connectivity index (χ1v) is 7.00. The van der Waals surface area contributed by atoms with E-state index >= 15 is 0 Å². The molecule has 1 rings (SSSR count). The highest BCUT2D eigenvalue weighted by molar-refractivity contribution is 5.95. The molecule has 0 aromatic heterocycles. The molecule has 0 aliphatic rings. The van der Waals surface area contributed by atoms with Crippen LogP contribution in [0.5, 0.6) is 0 Å². The highest BCUT2D eigenvalue weighted by atomic mass is 16.5. The van der Waals surface area contributed by atoms with E-state index in [1.165, 1.54) is 7.11 Å². The molecule has 0 saturated carbocycles. The fraction of sp³-hybridized carbons (Fsp3) is 0.500. The van der Waals surface area contributed by atoms with E-state index in [0.29, 0.717) is 25.3 Å². The molecule has 1 aromatic carbocycles.